The van der Waals surface area contributed by atoms with Gasteiger partial charge in [-0.05, 0) is 29.8 Å². The lowest BCUT2D eigenvalue weighted by molar-refractivity contribution is 0.0955. The fourth-order valence-corrected chi connectivity index (χ4v) is 2.38. The van der Waals surface area contributed by atoms with Gasteiger partial charge in [0.05, 0.1) is 16.3 Å². The Morgan fingerprint density at radius 2 is 2.20 bits per heavy atom. The molecule has 102 valence electrons. The average molecular weight is 288 g/mol. The number of nitrogens with two attached hydrogens (primary N) is 1. The Bertz CT molecular complexity index is 670. The van der Waals surface area contributed by atoms with Gasteiger partial charge in [0.15, 0.2) is 0 Å². The monoisotopic (exact) mass is 288 g/mol. The second-order valence-electron chi connectivity index (χ2n) is 3.98. The normalized spacial score (nSPS) is 9.70. The van der Waals surface area contributed by atoms with E-state index in [1.54, 1.807) is 24.3 Å². The van der Waals surface area contributed by atoms with E-state index in [1.165, 1.54) is 23.5 Å². The molecule has 20 heavy (non-hydrogen) atoms. The predicted octanol–water partition coefficient (Wildman–Crippen LogP) is 2.13. The number of hydrogen-bond acceptors (Lipinski definition) is 3. The van der Waals surface area contributed by atoms with E-state index in [-0.39, 0.29) is 18.3 Å². The quantitative estimate of drug-likeness (QED) is 0.850. The molecule has 5 heteroatoms. The summed E-state index contributed by atoms with van der Waals surface area (Å²) in [5.74, 6) is 5.10. The van der Waals surface area contributed by atoms with Gasteiger partial charge in [-0.15, -0.1) is 11.3 Å². The largest absolute Gasteiger partial charge is 0.347 e. The first kappa shape index (κ1) is 14.3. The number of amides is 1. The predicted molar refractivity (Wildman–Crippen MR) is 77.8 cm³/mol. The van der Waals surface area contributed by atoms with E-state index < -0.39 is 0 Å². The lowest BCUT2D eigenvalue weighted by atomic mass is 10.2. The number of carbonyl (C=O) groups is 1. The van der Waals surface area contributed by atoms with E-state index in [0.29, 0.717) is 11.4 Å². The van der Waals surface area contributed by atoms with Crippen LogP contribution in [0.3, 0.4) is 0 Å². The van der Waals surface area contributed by atoms with Crippen LogP contribution in [0.15, 0.2) is 36.4 Å². The summed E-state index contributed by atoms with van der Waals surface area (Å²) in [6, 6.07) is 9.63. The SMILES string of the molecule is NCC#Cc1ccc(C(=O)NCc2cccc(F)c2)s1. The topological polar surface area (TPSA) is 55.1 Å². The fraction of sp³-hybridized carbons (Fsp3) is 0.133. The number of carbonyl (C=O) groups excluding carboxylic acids is 1. The molecule has 1 amide bonds. The Hall–Kier alpha value is -2.16. The highest BCUT2D eigenvalue weighted by Crippen LogP contribution is 2.15. The Balaban J connectivity index is 1.96. The molecule has 0 saturated heterocycles. The molecular weight excluding hydrogens is 275 g/mol. The van der Waals surface area contributed by atoms with E-state index in [1.807, 2.05) is 0 Å². The number of hydrogen-bond donors (Lipinski definition) is 2. The molecule has 0 radical (unpaired) electrons. The first-order chi connectivity index (χ1) is 9.69. The van der Waals surface area contributed by atoms with Gasteiger partial charge in [-0.1, -0.05) is 24.0 Å². The smallest absolute Gasteiger partial charge is 0.261 e. The summed E-state index contributed by atoms with van der Waals surface area (Å²) in [4.78, 5) is 13.3. The van der Waals surface area contributed by atoms with Crippen LogP contribution in [-0.4, -0.2) is 12.5 Å². The van der Waals surface area contributed by atoms with Crippen molar-refractivity contribution in [2.24, 2.45) is 5.73 Å². The summed E-state index contributed by atoms with van der Waals surface area (Å²) in [6.45, 7) is 0.581. The van der Waals surface area contributed by atoms with Crippen LogP contribution in [0.5, 0.6) is 0 Å². The van der Waals surface area contributed by atoms with Gasteiger partial charge < -0.3 is 11.1 Å². The van der Waals surface area contributed by atoms with Crippen molar-refractivity contribution in [1.29, 1.82) is 0 Å². The number of rotatable bonds is 3. The summed E-state index contributed by atoms with van der Waals surface area (Å²) in [5, 5.41) is 2.74. The van der Waals surface area contributed by atoms with Gasteiger partial charge in [0.25, 0.3) is 5.91 Å². The second kappa shape index (κ2) is 6.85. The van der Waals surface area contributed by atoms with Crippen molar-refractivity contribution >= 4 is 17.2 Å². The van der Waals surface area contributed by atoms with Gasteiger partial charge in [-0.25, -0.2) is 4.39 Å². The maximum Gasteiger partial charge on any atom is 0.261 e. The third-order valence-electron chi connectivity index (χ3n) is 2.49. The third kappa shape index (κ3) is 3.92. The molecule has 0 saturated carbocycles. The van der Waals surface area contributed by atoms with Crippen LogP contribution in [-0.2, 0) is 6.54 Å². The summed E-state index contributed by atoms with van der Waals surface area (Å²) in [6.07, 6.45) is 0. The van der Waals surface area contributed by atoms with Gasteiger partial charge in [-0.3, -0.25) is 4.79 Å². The molecule has 0 aliphatic heterocycles. The van der Waals surface area contributed by atoms with Crippen LogP contribution in [0, 0.1) is 17.7 Å². The lowest BCUT2D eigenvalue weighted by Crippen LogP contribution is -2.21. The van der Waals surface area contributed by atoms with Gasteiger partial charge in [0.1, 0.15) is 5.82 Å². The molecule has 1 aromatic carbocycles. The molecule has 1 aromatic heterocycles. The molecule has 0 aliphatic rings. The van der Waals surface area contributed by atoms with Crippen molar-refractivity contribution in [1.82, 2.24) is 5.32 Å². The number of thiophene rings is 1. The fourth-order valence-electron chi connectivity index (χ4n) is 1.58. The first-order valence-electron chi connectivity index (χ1n) is 6.00. The van der Waals surface area contributed by atoms with Crippen molar-refractivity contribution in [3.8, 4) is 11.8 Å². The molecule has 0 unspecified atom stereocenters. The average Bonchev–Trinajstić information content (AvgIpc) is 2.91. The molecule has 3 N–H and O–H groups in total. The zero-order chi connectivity index (χ0) is 14.4. The summed E-state index contributed by atoms with van der Waals surface area (Å²) >= 11 is 1.30. The first-order valence-corrected chi connectivity index (χ1v) is 6.82. The van der Waals surface area contributed by atoms with E-state index in [0.717, 1.165) is 10.4 Å². The molecule has 0 fully saturated rings. The highest BCUT2D eigenvalue weighted by Gasteiger charge is 2.08. The zero-order valence-corrected chi connectivity index (χ0v) is 11.5. The molecular formula is C15H13FN2OS. The number of nitrogens with one attached hydrogen (secondary N) is 1. The molecule has 0 spiro atoms. The summed E-state index contributed by atoms with van der Waals surface area (Å²) in [7, 11) is 0. The third-order valence-corrected chi connectivity index (χ3v) is 3.48. The van der Waals surface area contributed by atoms with Crippen molar-refractivity contribution in [3.63, 3.8) is 0 Å². The molecule has 0 aliphatic carbocycles. The highest BCUT2D eigenvalue weighted by molar-refractivity contribution is 7.14. The van der Waals surface area contributed by atoms with Crippen LogP contribution >= 0.6 is 11.3 Å². The Morgan fingerprint density at radius 3 is 2.95 bits per heavy atom. The van der Waals surface area contributed by atoms with E-state index in [2.05, 4.69) is 17.2 Å². The Kier molecular flexibility index (Phi) is 4.88. The van der Waals surface area contributed by atoms with Gasteiger partial charge in [0.2, 0.25) is 0 Å². The number of benzene rings is 1. The summed E-state index contributed by atoms with van der Waals surface area (Å²) < 4.78 is 13.0. The molecule has 0 atom stereocenters. The molecule has 3 nitrogen and oxygen atoms in total. The Labute approximate surface area is 120 Å². The minimum Gasteiger partial charge on any atom is -0.347 e. The number of halogens is 1. The minimum atomic E-state index is -0.313. The molecule has 0 bridgehead atoms. The zero-order valence-electron chi connectivity index (χ0n) is 10.7. The van der Waals surface area contributed by atoms with Crippen LogP contribution in [0.1, 0.15) is 20.1 Å². The minimum absolute atomic E-state index is 0.194. The maximum absolute atomic E-state index is 13.0. The standard InChI is InChI=1S/C15H13FN2OS/c16-12-4-1-3-11(9-12)10-18-15(19)14-7-6-13(20-14)5-2-8-17/h1,3-4,6-7,9H,8,10,17H2,(H,18,19). The van der Waals surface area contributed by atoms with E-state index in [4.69, 9.17) is 5.73 Å². The second-order valence-corrected chi connectivity index (χ2v) is 5.07. The van der Waals surface area contributed by atoms with Gasteiger partial charge in [-0.2, -0.15) is 0 Å². The van der Waals surface area contributed by atoms with Gasteiger partial charge in [0, 0.05) is 6.54 Å². The van der Waals surface area contributed by atoms with Crippen molar-refractivity contribution in [2.75, 3.05) is 6.54 Å². The van der Waals surface area contributed by atoms with Crippen molar-refractivity contribution in [2.45, 2.75) is 6.54 Å². The molecule has 2 rings (SSSR count). The molecule has 2 aromatic rings. The van der Waals surface area contributed by atoms with E-state index in [9.17, 15) is 9.18 Å². The van der Waals surface area contributed by atoms with Gasteiger partial charge >= 0.3 is 0 Å². The van der Waals surface area contributed by atoms with Crippen LogP contribution in [0.2, 0.25) is 0 Å². The van der Waals surface area contributed by atoms with E-state index >= 15 is 0 Å². The lowest BCUT2D eigenvalue weighted by Gasteiger charge is -2.03. The van der Waals surface area contributed by atoms with Crippen molar-refractivity contribution in [3.05, 3.63) is 57.5 Å². The summed E-state index contributed by atoms with van der Waals surface area (Å²) in [5.41, 5.74) is 6.01. The van der Waals surface area contributed by atoms with Crippen LogP contribution < -0.4 is 11.1 Å². The highest BCUT2D eigenvalue weighted by atomic mass is 32.1. The van der Waals surface area contributed by atoms with Crippen LogP contribution in [0.25, 0.3) is 0 Å². The Morgan fingerprint density at radius 1 is 1.35 bits per heavy atom. The van der Waals surface area contributed by atoms with Crippen molar-refractivity contribution < 1.29 is 9.18 Å². The maximum atomic E-state index is 13.0. The van der Waals surface area contributed by atoms with Crippen LogP contribution in [0.4, 0.5) is 4.39 Å². The molecule has 1 heterocycles.